The number of benzene rings is 1. The first-order chi connectivity index (χ1) is 9.63. The van der Waals surface area contributed by atoms with Gasteiger partial charge in [-0.2, -0.15) is 0 Å². The number of nitrogens with zero attached hydrogens (tertiary/aromatic N) is 2. The van der Waals surface area contributed by atoms with Crippen molar-refractivity contribution in [1.82, 2.24) is 9.97 Å². The summed E-state index contributed by atoms with van der Waals surface area (Å²) in [5.41, 5.74) is 0.890. The molecule has 0 spiro atoms. The summed E-state index contributed by atoms with van der Waals surface area (Å²) in [5.74, 6) is 0.619. The molecule has 0 aliphatic heterocycles. The van der Waals surface area contributed by atoms with E-state index in [0.29, 0.717) is 23.7 Å². The summed E-state index contributed by atoms with van der Waals surface area (Å²) >= 11 is 0. The molecule has 1 N–H and O–H groups in total. The van der Waals surface area contributed by atoms with Gasteiger partial charge in [0.15, 0.2) is 17.2 Å². The molecule has 0 unspecified atom stereocenters. The molecule has 0 saturated carbocycles. The quantitative estimate of drug-likeness (QED) is 0.895. The average Bonchev–Trinajstić information content (AvgIpc) is 2.47. The van der Waals surface area contributed by atoms with Gasteiger partial charge in [0.05, 0.1) is 14.2 Å². The summed E-state index contributed by atoms with van der Waals surface area (Å²) < 4.78 is 10.4. The molecule has 0 saturated heterocycles. The Morgan fingerprint density at radius 2 is 1.95 bits per heavy atom. The zero-order valence-corrected chi connectivity index (χ0v) is 11.2. The number of carbonyl (C=O) groups is 1. The molecule has 104 valence electrons. The Morgan fingerprint density at radius 1 is 1.20 bits per heavy atom. The van der Waals surface area contributed by atoms with Crippen molar-refractivity contribution >= 4 is 5.97 Å². The molecule has 2 aromatic rings. The van der Waals surface area contributed by atoms with Crippen LogP contribution in [0.15, 0.2) is 30.5 Å². The highest BCUT2D eigenvalue weighted by molar-refractivity contribution is 5.85. The molecule has 1 heterocycles. The summed E-state index contributed by atoms with van der Waals surface area (Å²) in [7, 11) is 3.13. The maximum absolute atomic E-state index is 10.9. The SMILES string of the molecule is COc1ccc(Cc2nccc(C(=O)O)n2)cc1OC. The van der Waals surface area contributed by atoms with E-state index in [1.54, 1.807) is 20.3 Å². The topological polar surface area (TPSA) is 81.5 Å². The number of ether oxygens (including phenoxy) is 2. The average molecular weight is 274 g/mol. The van der Waals surface area contributed by atoms with Crippen LogP contribution in [0.5, 0.6) is 11.5 Å². The molecule has 0 aliphatic rings. The van der Waals surface area contributed by atoms with Crippen LogP contribution in [0.25, 0.3) is 0 Å². The second kappa shape index (κ2) is 6.01. The maximum atomic E-state index is 10.9. The molecule has 0 bridgehead atoms. The van der Waals surface area contributed by atoms with E-state index in [0.717, 1.165) is 5.56 Å². The van der Waals surface area contributed by atoms with Crippen molar-refractivity contribution in [3.05, 3.63) is 47.5 Å². The van der Waals surface area contributed by atoms with E-state index in [1.807, 2.05) is 12.1 Å². The van der Waals surface area contributed by atoms with E-state index >= 15 is 0 Å². The predicted molar refractivity (Wildman–Crippen MR) is 71.3 cm³/mol. The van der Waals surface area contributed by atoms with Crippen LogP contribution in [0.3, 0.4) is 0 Å². The Bertz CT molecular complexity index is 628. The van der Waals surface area contributed by atoms with Crippen LogP contribution in [0, 0.1) is 0 Å². The highest BCUT2D eigenvalue weighted by Crippen LogP contribution is 2.28. The van der Waals surface area contributed by atoms with E-state index in [-0.39, 0.29) is 5.69 Å². The minimum atomic E-state index is -1.07. The first-order valence-electron chi connectivity index (χ1n) is 5.90. The third kappa shape index (κ3) is 3.03. The zero-order valence-electron chi connectivity index (χ0n) is 11.2. The Hall–Kier alpha value is -2.63. The van der Waals surface area contributed by atoms with Crippen LogP contribution in [0.1, 0.15) is 21.9 Å². The van der Waals surface area contributed by atoms with Gasteiger partial charge >= 0.3 is 5.97 Å². The molecule has 6 nitrogen and oxygen atoms in total. The van der Waals surface area contributed by atoms with Crippen LogP contribution in [0.2, 0.25) is 0 Å². The lowest BCUT2D eigenvalue weighted by Gasteiger charge is -2.09. The Morgan fingerprint density at radius 3 is 2.60 bits per heavy atom. The summed E-state index contributed by atoms with van der Waals surface area (Å²) in [6.45, 7) is 0. The number of hydrogen-bond donors (Lipinski definition) is 1. The molecule has 0 fully saturated rings. The highest BCUT2D eigenvalue weighted by Gasteiger charge is 2.09. The van der Waals surface area contributed by atoms with Crippen molar-refractivity contribution in [2.75, 3.05) is 14.2 Å². The first-order valence-corrected chi connectivity index (χ1v) is 5.90. The Labute approximate surface area is 116 Å². The van der Waals surface area contributed by atoms with E-state index < -0.39 is 5.97 Å². The minimum Gasteiger partial charge on any atom is -0.493 e. The number of carboxylic acids is 1. The van der Waals surface area contributed by atoms with Gasteiger partial charge in [-0.05, 0) is 23.8 Å². The van der Waals surface area contributed by atoms with Crippen molar-refractivity contribution in [2.24, 2.45) is 0 Å². The molecule has 2 rings (SSSR count). The molecule has 0 amide bonds. The van der Waals surface area contributed by atoms with Gasteiger partial charge in [0.25, 0.3) is 0 Å². The van der Waals surface area contributed by atoms with Gasteiger partial charge in [-0.1, -0.05) is 6.07 Å². The maximum Gasteiger partial charge on any atom is 0.354 e. The summed E-state index contributed by atoms with van der Waals surface area (Å²) in [5, 5.41) is 8.90. The Balaban J connectivity index is 2.25. The van der Waals surface area contributed by atoms with Gasteiger partial charge in [0.1, 0.15) is 5.82 Å². The molecular formula is C14H14N2O4. The molecule has 6 heteroatoms. The largest absolute Gasteiger partial charge is 0.493 e. The third-order valence-corrected chi connectivity index (χ3v) is 2.73. The number of rotatable bonds is 5. The normalized spacial score (nSPS) is 10.1. The zero-order chi connectivity index (χ0) is 14.5. The third-order valence-electron chi connectivity index (χ3n) is 2.73. The number of carboxylic acid groups (broad SMARTS) is 1. The smallest absolute Gasteiger partial charge is 0.354 e. The lowest BCUT2D eigenvalue weighted by Crippen LogP contribution is -2.05. The standard InChI is InChI=1S/C14H14N2O4/c1-19-11-4-3-9(7-12(11)20-2)8-13-15-6-5-10(16-13)14(17)18/h3-7H,8H2,1-2H3,(H,17,18). The van der Waals surface area contributed by atoms with E-state index in [2.05, 4.69) is 9.97 Å². The molecule has 0 atom stereocenters. The van der Waals surface area contributed by atoms with Gasteiger partial charge in [0.2, 0.25) is 0 Å². The molecule has 20 heavy (non-hydrogen) atoms. The van der Waals surface area contributed by atoms with Gasteiger partial charge in [-0.3, -0.25) is 0 Å². The van der Waals surface area contributed by atoms with Crippen molar-refractivity contribution in [3.8, 4) is 11.5 Å². The number of aromatic carboxylic acids is 1. The van der Waals surface area contributed by atoms with Crippen molar-refractivity contribution in [3.63, 3.8) is 0 Å². The van der Waals surface area contributed by atoms with Crippen LogP contribution in [-0.4, -0.2) is 35.3 Å². The molecule has 1 aromatic heterocycles. The second-order valence-electron chi connectivity index (χ2n) is 4.03. The molecule has 0 aliphatic carbocycles. The van der Waals surface area contributed by atoms with Gasteiger partial charge in [-0.25, -0.2) is 14.8 Å². The minimum absolute atomic E-state index is 0.0181. The lowest BCUT2D eigenvalue weighted by molar-refractivity contribution is 0.0690. The number of aromatic nitrogens is 2. The van der Waals surface area contributed by atoms with Gasteiger partial charge in [-0.15, -0.1) is 0 Å². The fourth-order valence-electron chi connectivity index (χ4n) is 1.78. The Kier molecular flexibility index (Phi) is 4.14. The van der Waals surface area contributed by atoms with Crippen molar-refractivity contribution in [2.45, 2.75) is 6.42 Å². The number of methoxy groups -OCH3 is 2. The van der Waals surface area contributed by atoms with E-state index in [1.165, 1.54) is 12.3 Å². The highest BCUT2D eigenvalue weighted by atomic mass is 16.5. The van der Waals surface area contributed by atoms with Crippen molar-refractivity contribution in [1.29, 1.82) is 0 Å². The predicted octanol–water partition coefficient (Wildman–Crippen LogP) is 1.78. The summed E-state index contributed by atoms with van der Waals surface area (Å²) in [4.78, 5) is 18.9. The fourth-order valence-corrected chi connectivity index (χ4v) is 1.78. The van der Waals surface area contributed by atoms with Crippen LogP contribution in [0.4, 0.5) is 0 Å². The summed E-state index contributed by atoms with van der Waals surface area (Å²) in [6.07, 6.45) is 1.86. The molecular weight excluding hydrogens is 260 g/mol. The van der Waals surface area contributed by atoms with Gasteiger partial charge < -0.3 is 14.6 Å². The lowest BCUT2D eigenvalue weighted by atomic mass is 10.1. The van der Waals surface area contributed by atoms with Gasteiger partial charge in [0, 0.05) is 12.6 Å². The second-order valence-corrected chi connectivity index (χ2v) is 4.03. The van der Waals surface area contributed by atoms with Crippen molar-refractivity contribution < 1.29 is 19.4 Å². The van der Waals surface area contributed by atoms with E-state index in [4.69, 9.17) is 14.6 Å². The van der Waals surface area contributed by atoms with Crippen LogP contribution < -0.4 is 9.47 Å². The summed E-state index contributed by atoms with van der Waals surface area (Å²) in [6, 6.07) is 6.82. The fraction of sp³-hybridized carbons (Fsp3) is 0.214. The molecule has 0 radical (unpaired) electrons. The first kappa shape index (κ1) is 13.8. The van der Waals surface area contributed by atoms with E-state index in [9.17, 15) is 4.79 Å². The van der Waals surface area contributed by atoms with Crippen LogP contribution >= 0.6 is 0 Å². The number of hydrogen-bond acceptors (Lipinski definition) is 5. The molecule has 1 aromatic carbocycles. The van der Waals surface area contributed by atoms with Crippen LogP contribution in [-0.2, 0) is 6.42 Å². The monoisotopic (exact) mass is 274 g/mol.